The summed E-state index contributed by atoms with van der Waals surface area (Å²) >= 11 is 1.45. The molecule has 3 heterocycles. The fourth-order valence-corrected chi connectivity index (χ4v) is 5.07. The van der Waals surface area contributed by atoms with E-state index in [1.54, 1.807) is 13.3 Å². The van der Waals surface area contributed by atoms with Crippen LogP contribution >= 0.6 is 11.3 Å². The van der Waals surface area contributed by atoms with Gasteiger partial charge in [0, 0.05) is 31.3 Å². The Labute approximate surface area is 202 Å². The van der Waals surface area contributed by atoms with Crippen LogP contribution in [0.1, 0.15) is 53.7 Å². The molecule has 0 saturated heterocycles. The van der Waals surface area contributed by atoms with Crippen LogP contribution in [0.2, 0.25) is 0 Å². The number of methoxy groups -OCH3 is 1. The highest BCUT2D eigenvalue weighted by molar-refractivity contribution is 7.15. The Bertz CT molecular complexity index is 1090. The molecule has 2 atom stereocenters. The lowest BCUT2D eigenvalue weighted by Gasteiger charge is -2.09. The van der Waals surface area contributed by atoms with Gasteiger partial charge in [-0.3, -0.25) is 14.6 Å². The van der Waals surface area contributed by atoms with Gasteiger partial charge in [-0.1, -0.05) is 17.4 Å². The Morgan fingerprint density at radius 3 is 2.62 bits per heavy atom. The highest BCUT2D eigenvalue weighted by Crippen LogP contribution is 2.41. The predicted octanol–water partition coefficient (Wildman–Crippen LogP) is 3.18. The molecular weight excluding hydrogens is 452 g/mol. The highest BCUT2D eigenvalue weighted by atomic mass is 32.1. The number of nitrogens with zero attached hydrogens (tertiary/aromatic N) is 5. The minimum absolute atomic E-state index is 0.0747. The summed E-state index contributed by atoms with van der Waals surface area (Å²) in [7, 11) is 1.57. The third-order valence-corrected chi connectivity index (χ3v) is 6.87. The number of aromatic nitrogens is 5. The molecule has 0 spiro atoms. The Hall–Kier alpha value is -3.11. The summed E-state index contributed by atoms with van der Waals surface area (Å²) in [5.74, 6) is 0.808. The lowest BCUT2D eigenvalue weighted by molar-refractivity contribution is -0.118. The standard InChI is InChI=1S/C24H28N6O3S/c1-33-11-9-22(32)26-24-30-29-23(34-24)17-6-5-16(12-17)13-19-7-8-20(28-27-19)15-21(31)14-18-4-2-3-10-25-18/h2-4,7-8,10,16-17H,5-6,9,11-15H2,1H3,(H,26,30,32)/t16-,17+/m1/s1. The van der Waals surface area contributed by atoms with Crippen LogP contribution in [0.4, 0.5) is 5.13 Å². The van der Waals surface area contributed by atoms with Gasteiger partial charge < -0.3 is 10.1 Å². The van der Waals surface area contributed by atoms with Crippen molar-refractivity contribution in [2.45, 2.75) is 50.9 Å². The maximum atomic E-state index is 12.3. The van der Waals surface area contributed by atoms with Gasteiger partial charge in [-0.2, -0.15) is 10.2 Å². The normalized spacial score (nSPS) is 17.6. The van der Waals surface area contributed by atoms with Gasteiger partial charge in [0.2, 0.25) is 11.0 Å². The number of nitrogens with one attached hydrogen (secondary N) is 1. The van der Waals surface area contributed by atoms with Crippen LogP contribution in [0.25, 0.3) is 0 Å². The number of hydrogen-bond donors (Lipinski definition) is 1. The van der Waals surface area contributed by atoms with E-state index in [1.165, 1.54) is 11.3 Å². The van der Waals surface area contributed by atoms with Gasteiger partial charge in [0.25, 0.3) is 0 Å². The molecule has 1 aliphatic carbocycles. The third kappa shape index (κ3) is 6.94. The molecule has 9 nitrogen and oxygen atoms in total. The summed E-state index contributed by atoms with van der Waals surface area (Å²) < 4.78 is 4.92. The van der Waals surface area contributed by atoms with E-state index in [1.807, 2.05) is 30.3 Å². The largest absolute Gasteiger partial charge is 0.384 e. The van der Waals surface area contributed by atoms with E-state index < -0.39 is 0 Å². The summed E-state index contributed by atoms with van der Waals surface area (Å²) in [5.41, 5.74) is 2.39. The van der Waals surface area contributed by atoms with Crippen LogP contribution in [0, 0.1) is 5.92 Å². The predicted molar refractivity (Wildman–Crippen MR) is 128 cm³/mol. The molecule has 1 N–H and O–H groups in total. The molecule has 1 amide bonds. The number of carbonyl (C=O) groups excluding carboxylic acids is 2. The molecule has 4 rings (SSSR count). The average Bonchev–Trinajstić information content (AvgIpc) is 3.49. The molecule has 0 aromatic carbocycles. The van der Waals surface area contributed by atoms with E-state index in [4.69, 9.17) is 4.74 Å². The molecule has 10 heteroatoms. The number of ether oxygens (including phenoxy) is 1. The van der Waals surface area contributed by atoms with Crippen molar-refractivity contribution in [1.82, 2.24) is 25.4 Å². The van der Waals surface area contributed by atoms with Crippen LogP contribution in [-0.2, 0) is 33.6 Å². The molecule has 1 fully saturated rings. The second-order valence-corrected chi connectivity index (χ2v) is 9.55. The molecule has 0 bridgehead atoms. The van der Waals surface area contributed by atoms with E-state index in [-0.39, 0.29) is 18.1 Å². The molecule has 178 valence electrons. The van der Waals surface area contributed by atoms with E-state index >= 15 is 0 Å². The second kappa shape index (κ2) is 11.8. The maximum Gasteiger partial charge on any atom is 0.228 e. The van der Waals surface area contributed by atoms with Crippen molar-refractivity contribution in [1.29, 1.82) is 0 Å². The zero-order valence-electron chi connectivity index (χ0n) is 19.1. The first kappa shape index (κ1) is 24.0. The first-order chi connectivity index (χ1) is 16.6. The van der Waals surface area contributed by atoms with Crippen molar-refractivity contribution in [3.8, 4) is 0 Å². The molecule has 3 aromatic heterocycles. The highest BCUT2D eigenvalue weighted by Gasteiger charge is 2.29. The van der Waals surface area contributed by atoms with Crippen LogP contribution in [0.3, 0.4) is 0 Å². The zero-order valence-corrected chi connectivity index (χ0v) is 20.0. The summed E-state index contributed by atoms with van der Waals surface area (Å²) in [6.07, 6.45) is 6.56. The molecule has 1 aliphatic rings. The first-order valence-corrected chi connectivity index (χ1v) is 12.3. The number of pyridine rings is 1. The van der Waals surface area contributed by atoms with Crippen molar-refractivity contribution < 1.29 is 14.3 Å². The van der Waals surface area contributed by atoms with Crippen LogP contribution in [0.5, 0.6) is 0 Å². The molecule has 0 radical (unpaired) electrons. The van der Waals surface area contributed by atoms with Crippen molar-refractivity contribution in [2.75, 3.05) is 19.0 Å². The number of amides is 1. The Morgan fingerprint density at radius 1 is 1.03 bits per heavy atom. The smallest absolute Gasteiger partial charge is 0.228 e. The molecule has 1 saturated carbocycles. The van der Waals surface area contributed by atoms with Crippen molar-refractivity contribution in [3.63, 3.8) is 0 Å². The van der Waals surface area contributed by atoms with Gasteiger partial charge in [-0.05, 0) is 55.9 Å². The summed E-state index contributed by atoms with van der Waals surface area (Å²) in [6, 6.07) is 9.44. The van der Waals surface area contributed by atoms with E-state index in [0.29, 0.717) is 42.1 Å². The van der Waals surface area contributed by atoms with E-state index in [2.05, 4.69) is 30.7 Å². The summed E-state index contributed by atoms with van der Waals surface area (Å²) in [6.45, 7) is 0.382. The number of carbonyl (C=O) groups is 2. The molecule has 0 aliphatic heterocycles. The quantitative estimate of drug-likeness (QED) is 0.444. The second-order valence-electron chi connectivity index (χ2n) is 8.55. The fourth-order valence-electron chi connectivity index (χ4n) is 4.17. The van der Waals surface area contributed by atoms with Gasteiger partial charge in [-0.15, -0.1) is 10.2 Å². The number of Topliss-reactive ketones (excluding diaryl/α,β-unsaturated/α-hetero) is 1. The topological polar surface area (TPSA) is 120 Å². The lowest BCUT2D eigenvalue weighted by atomic mass is 9.99. The van der Waals surface area contributed by atoms with Gasteiger partial charge >= 0.3 is 0 Å². The third-order valence-electron chi connectivity index (χ3n) is 5.87. The van der Waals surface area contributed by atoms with E-state index in [9.17, 15) is 9.59 Å². The van der Waals surface area contributed by atoms with Crippen LogP contribution in [-0.4, -0.2) is 50.8 Å². The summed E-state index contributed by atoms with van der Waals surface area (Å²) in [4.78, 5) is 28.3. The maximum absolute atomic E-state index is 12.3. The van der Waals surface area contributed by atoms with Crippen LogP contribution < -0.4 is 5.32 Å². The van der Waals surface area contributed by atoms with Crippen molar-refractivity contribution in [2.24, 2.45) is 5.92 Å². The molecular formula is C24H28N6O3S. The van der Waals surface area contributed by atoms with Gasteiger partial charge in [0.15, 0.2) is 0 Å². The van der Waals surface area contributed by atoms with Gasteiger partial charge in [-0.25, -0.2) is 0 Å². The summed E-state index contributed by atoms with van der Waals surface area (Å²) in [5, 5.41) is 21.3. The minimum Gasteiger partial charge on any atom is -0.384 e. The number of hydrogen-bond acceptors (Lipinski definition) is 9. The van der Waals surface area contributed by atoms with Crippen molar-refractivity contribution in [3.05, 3.63) is 58.6 Å². The average molecular weight is 481 g/mol. The van der Waals surface area contributed by atoms with Gasteiger partial charge in [0.1, 0.15) is 10.8 Å². The monoisotopic (exact) mass is 480 g/mol. The SMILES string of the molecule is COCCC(=O)Nc1nnc([C@H]2CC[C@@H](Cc3ccc(CC(=O)Cc4ccccn4)nn3)C2)s1. The van der Waals surface area contributed by atoms with Gasteiger partial charge in [0.05, 0.1) is 30.8 Å². The van der Waals surface area contributed by atoms with Crippen molar-refractivity contribution >= 4 is 28.2 Å². The Balaban J connectivity index is 1.24. The number of rotatable bonds is 11. The Morgan fingerprint density at radius 2 is 1.85 bits per heavy atom. The van der Waals surface area contributed by atoms with E-state index in [0.717, 1.165) is 42.1 Å². The number of anilines is 1. The fraction of sp³-hybridized carbons (Fsp3) is 0.458. The Kier molecular flexibility index (Phi) is 8.37. The lowest BCUT2D eigenvalue weighted by Crippen LogP contribution is -2.13. The first-order valence-electron chi connectivity index (χ1n) is 11.4. The zero-order chi connectivity index (χ0) is 23.8. The minimum atomic E-state index is -0.116. The number of ketones is 1. The molecule has 3 aromatic rings. The van der Waals surface area contributed by atoms with Crippen LogP contribution in [0.15, 0.2) is 36.5 Å². The molecule has 34 heavy (non-hydrogen) atoms. The molecule has 0 unspecified atom stereocenters.